The number of ether oxygens (including phenoxy) is 3. The maximum atomic E-state index is 9.12. The average molecular weight is 384 g/mol. The quantitative estimate of drug-likeness (QED) is 0.536. The molecule has 4 aromatic rings. The summed E-state index contributed by atoms with van der Waals surface area (Å²) in [5.74, 6) is 1.81. The van der Waals surface area contributed by atoms with E-state index in [0.717, 1.165) is 27.9 Å². The number of hydrogen-bond donors (Lipinski definition) is 0. The molecule has 7 nitrogen and oxygen atoms in total. The van der Waals surface area contributed by atoms with Gasteiger partial charge in [-0.25, -0.2) is 9.97 Å². The van der Waals surface area contributed by atoms with Crippen molar-refractivity contribution in [2.45, 2.75) is 0 Å². The van der Waals surface area contributed by atoms with Crippen molar-refractivity contribution in [3.05, 3.63) is 60.7 Å². The number of nitrogens with zero attached hydrogens (tertiary/aromatic N) is 4. The summed E-state index contributed by atoms with van der Waals surface area (Å²) >= 11 is 0. The van der Waals surface area contributed by atoms with E-state index >= 15 is 0 Å². The summed E-state index contributed by atoms with van der Waals surface area (Å²) in [7, 11) is 1.64. The van der Waals surface area contributed by atoms with Gasteiger partial charge in [0.2, 0.25) is 0 Å². The second kappa shape index (κ2) is 6.84. The zero-order chi connectivity index (χ0) is 19.8. The Morgan fingerprint density at radius 1 is 1.07 bits per heavy atom. The SMILES string of the molecule is COc1cc(-c2ccc(C#N)cc2)c(-c2cnc3c(c2)OCCO3)n2cncc12. The summed E-state index contributed by atoms with van der Waals surface area (Å²) in [6.45, 7) is 0.980. The van der Waals surface area contributed by atoms with Crippen LogP contribution in [-0.4, -0.2) is 34.7 Å². The molecule has 0 N–H and O–H groups in total. The first-order chi connectivity index (χ1) is 14.3. The summed E-state index contributed by atoms with van der Waals surface area (Å²) < 4.78 is 18.9. The number of pyridine rings is 2. The van der Waals surface area contributed by atoms with Crippen LogP contribution in [0.5, 0.6) is 17.4 Å². The fraction of sp³-hybridized carbons (Fsp3) is 0.136. The molecular formula is C22H16N4O3. The van der Waals surface area contributed by atoms with E-state index < -0.39 is 0 Å². The molecule has 0 bridgehead atoms. The lowest BCUT2D eigenvalue weighted by molar-refractivity contribution is 0.164. The van der Waals surface area contributed by atoms with E-state index in [1.54, 1.807) is 38.0 Å². The molecule has 5 rings (SSSR count). The van der Waals surface area contributed by atoms with Gasteiger partial charge >= 0.3 is 0 Å². The van der Waals surface area contributed by atoms with Gasteiger partial charge in [-0.15, -0.1) is 0 Å². The molecule has 1 aromatic carbocycles. The van der Waals surface area contributed by atoms with Crippen molar-refractivity contribution in [3.8, 4) is 45.8 Å². The van der Waals surface area contributed by atoms with Gasteiger partial charge in [0.25, 0.3) is 5.88 Å². The molecule has 0 spiro atoms. The Labute approximate surface area is 166 Å². The van der Waals surface area contributed by atoms with Gasteiger partial charge in [-0.2, -0.15) is 5.26 Å². The molecule has 0 radical (unpaired) electrons. The first-order valence-corrected chi connectivity index (χ1v) is 9.08. The van der Waals surface area contributed by atoms with Gasteiger partial charge in [0.15, 0.2) is 5.75 Å². The van der Waals surface area contributed by atoms with Crippen molar-refractivity contribution in [2.75, 3.05) is 20.3 Å². The summed E-state index contributed by atoms with van der Waals surface area (Å²) in [6.07, 6.45) is 5.27. The summed E-state index contributed by atoms with van der Waals surface area (Å²) in [5, 5.41) is 9.12. The van der Waals surface area contributed by atoms with Gasteiger partial charge in [0.05, 0.1) is 37.0 Å². The first-order valence-electron chi connectivity index (χ1n) is 9.08. The zero-order valence-electron chi connectivity index (χ0n) is 15.6. The third-order valence-corrected chi connectivity index (χ3v) is 4.88. The number of hydrogen-bond acceptors (Lipinski definition) is 6. The number of fused-ring (bicyclic) bond motifs is 2. The predicted octanol–water partition coefficient (Wildman–Crippen LogP) is 3.71. The molecule has 142 valence electrons. The molecule has 3 aromatic heterocycles. The van der Waals surface area contributed by atoms with Gasteiger partial charge in [-0.1, -0.05) is 12.1 Å². The number of aromatic nitrogens is 3. The van der Waals surface area contributed by atoms with Crippen molar-refractivity contribution < 1.29 is 14.2 Å². The number of benzene rings is 1. The Morgan fingerprint density at radius 2 is 1.90 bits per heavy atom. The molecule has 0 aliphatic carbocycles. The number of methoxy groups -OCH3 is 1. The molecule has 7 heteroatoms. The van der Waals surface area contributed by atoms with E-state index in [1.807, 2.05) is 28.7 Å². The molecule has 0 amide bonds. The van der Waals surface area contributed by atoms with E-state index in [-0.39, 0.29) is 0 Å². The molecule has 0 fully saturated rings. The van der Waals surface area contributed by atoms with Crippen molar-refractivity contribution in [2.24, 2.45) is 0 Å². The normalized spacial score (nSPS) is 12.6. The van der Waals surface area contributed by atoms with Crippen LogP contribution in [0, 0.1) is 11.3 Å². The van der Waals surface area contributed by atoms with Crippen LogP contribution in [-0.2, 0) is 0 Å². The third kappa shape index (κ3) is 2.82. The van der Waals surface area contributed by atoms with Crippen LogP contribution in [0.2, 0.25) is 0 Å². The van der Waals surface area contributed by atoms with Crippen LogP contribution in [0.1, 0.15) is 5.56 Å². The molecular weight excluding hydrogens is 368 g/mol. The van der Waals surface area contributed by atoms with E-state index in [2.05, 4.69) is 16.0 Å². The van der Waals surface area contributed by atoms with Crippen LogP contribution in [0.15, 0.2) is 55.1 Å². The van der Waals surface area contributed by atoms with E-state index in [4.69, 9.17) is 19.5 Å². The Morgan fingerprint density at radius 3 is 2.69 bits per heavy atom. The van der Waals surface area contributed by atoms with Crippen LogP contribution < -0.4 is 14.2 Å². The predicted molar refractivity (Wildman–Crippen MR) is 106 cm³/mol. The number of imidazole rings is 1. The third-order valence-electron chi connectivity index (χ3n) is 4.88. The minimum atomic E-state index is 0.490. The van der Waals surface area contributed by atoms with Crippen molar-refractivity contribution in [3.63, 3.8) is 0 Å². The van der Waals surface area contributed by atoms with E-state index in [0.29, 0.717) is 36.2 Å². The minimum absolute atomic E-state index is 0.490. The number of rotatable bonds is 3. The molecule has 29 heavy (non-hydrogen) atoms. The fourth-order valence-electron chi connectivity index (χ4n) is 3.52. The smallest absolute Gasteiger partial charge is 0.257 e. The van der Waals surface area contributed by atoms with Crippen LogP contribution in [0.3, 0.4) is 0 Å². The highest BCUT2D eigenvalue weighted by Gasteiger charge is 2.20. The Hall–Kier alpha value is -4.05. The van der Waals surface area contributed by atoms with Crippen LogP contribution >= 0.6 is 0 Å². The molecule has 0 unspecified atom stereocenters. The van der Waals surface area contributed by atoms with E-state index in [9.17, 15) is 0 Å². The topological polar surface area (TPSA) is 81.7 Å². The number of nitriles is 1. The average Bonchev–Trinajstić information content (AvgIpc) is 3.27. The van der Waals surface area contributed by atoms with Gasteiger partial charge in [-0.05, 0) is 29.8 Å². The molecule has 4 heterocycles. The van der Waals surface area contributed by atoms with Gasteiger partial charge < -0.3 is 14.2 Å². The monoisotopic (exact) mass is 384 g/mol. The Balaban J connectivity index is 1.79. The van der Waals surface area contributed by atoms with Crippen molar-refractivity contribution >= 4 is 5.52 Å². The standard InChI is InChI=1S/C22H16N4O3/c1-27-19-9-17(15-4-2-14(10-23)3-5-15)21(26-13-24-12-18(19)26)16-8-20-22(25-11-16)29-7-6-28-20/h2-5,8-9,11-13H,6-7H2,1H3. The minimum Gasteiger partial charge on any atom is -0.494 e. The highest BCUT2D eigenvalue weighted by atomic mass is 16.6. The second-order valence-electron chi connectivity index (χ2n) is 6.54. The lowest BCUT2D eigenvalue weighted by Gasteiger charge is -2.20. The van der Waals surface area contributed by atoms with Crippen LogP contribution in [0.25, 0.3) is 27.9 Å². The summed E-state index contributed by atoms with van der Waals surface area (Å²) in [4.78, 5) is 8.75. The van der Waals surface area contributed by atoms with Crippen molar-refractivity contribution in [1.29, 1.82) is 5.26 Å². The summed E-state index contributed by atoms with van der Waals surface area (Å²) in [5.41, 5.74) is 5.08. The fourth-order valence-corrected chi connectivity index (χ4v) is 3.52. The molecule has 0 atom stereocenters. The molecule has 1 aliphatic heterocycles. The molecule has 0 saturated heterocycles. The highest BCUT2D eigenvalue weighted by molar-refractivity contribution is 5.86. The maximum Gasteiger partial charge on any atom is 0.257 e. The van der Waals surface area contributed by atoms with Crippen LogP contribution in [0.4, 0.5) is 0 Å². The first kappa shape index (κ1) is 17.1. The van der Waals surface area contributed by atoms with Crippen molar-refractivity contribution in [1.82, 2.24) is 14.4 Å². The van der Waals surface area contributed by atoms with E-state index in [1.165, 1.54) is 0 Å². The molecule has 1 aliphatic rings. The molecule has 0 saturated carbocycles. The Bertz CT molecular complexity index is 1260. The Kier molecular flexibility index (Phi) is 4.03. The van der Waals surface area contributed by atoms with Gasteiger partial charge in [-0.3, -0.25) is 4.40 Å². The lowest BCUT2D eigenvalue weighted by atomic mass is 9.98. The van der Waals surface area contributed by atoms with Gasteiger partial charge in [0, 0.05) is 17.3 Å². The maximum absolute atomic E-state index is 9.12. The summed E-state index contributed by atoms with van der Waals surface area (Å²) in [6, 6.07) is 13.5. The van der Waals surface area contributed by atoms with Gasteiger partial charge in [0.1, 0.15) is 24.5 Å². The largest absolute Gasteiger partial charge is 0.494 e. The lowest BCUT2D eigenvalue weighted by Crippen LogP contribution is -2.16. The zero-order valence-corrected chi connectivity index (χ0v) is 15.6. The second-order valence-corrected chi connectivity index (χ2v) is 6.54. The highest BCUT2D eigenvalue weighted by Crippen LogP contribution is 2.40.